The first-order chi connectivity index (χ1) is 6.79. The zero-order chi connectivity index (χ0) is 9.97. The molecule has 2 atom stereocenters. The van der Waals surface area contributed by atoms with Crippen molar-refractivity contribution in [1.29, 1.82) is 0 Å². The number of benzene rings is 1. The lowest BCUT2D eigenvalue weighted by Crippen LogP contribution is -2.17. The van der Waals surface area contributed by atoms with E-state index in [-0.39, 0.29) is 6.04 Å². The summed E-state index contributed by atoms with van der Waals surface area (Å²) >= 11 is 0. The van der Waals surface area contributed by atoms with Gasteiger partial charge in [0, 0.05) is 12.1 Å². The zero-order valence-electron chi connectivity index (χ0n) is 8.66. The average molecular weight is 190 g/mol. The third-order valence-corrected chi connectivity index (χ3v) is 2.92. The van der Waals surface area contributed by atoms with Crippen molar-refractivity contribution in [3.05, 3.63) is 35.4 Å². The zero-order valence-corrected chi connectivity index (χ0v) is 8.66. The van der Waals surface area contributed by atoms with E-state index in [2.05, 4.69) is 29.6 Å². The Morgan fingerprint density at radius 2 is 2.21 bits per heavy atom. The Labute approximate surface area is 85.5 Å². The molecular formula is C12H18N2. The van der Waals surface area contributed by atoms with Crippen LogP contribution in [-0.4, -0.2) is 6.54 Å². The van der Waals surface area contributed by atoms with E-state index < -0.39 is 0 Å². The molecular weight excluding hydrogens is 172 g/mol. The number of hydrogen-bond donors (Lipinski definition) is 2. The number of nitrogens with one attached hydrogen (secondary N) is 1. The van der Waals surface area contributed by atoms with Gasteiger partial charge in [-0.2, -0.15) is 0 Å². The van der Waals surface area contributed by atoms with E-state index in [4.69, 9.17) is 5.73 Å². The normalized spacial score (nSPS) is 23.7. The molecule has 14 heavy (non-hydrogen) atoms. The maximum Gasteiger partial charge on any atom is 0.0324 e. The fraction of sp³-hybridized carbons (Fsp3) is 0.500. The number of hydrogen-bond acceptors (Lipinski definition) is 2. The van der Waals surface area contributed by atoms with E-state index in [0.717, 1.165) is 6.54 Å². The summed E-state index contributed by atoms with van der Waals surface area (Å²) < 4.78 is 0. The highest BCUT2D eigenvalue weighted by Gasteiger charge is 2.19. The van der Waals surface area contributed by atoms with E-state index in [0.29, 0.717) is 6.04 Å². The van der Waals surface area contributed by atoms with Crippen molar-refractivity contribution in [2.45, 2.75) is 31.8 Å². The van der Waals surface area contributed by atoms with E-state index in [1.54, 1.807) is 0 Å². The van der Waals surface area contributed by atoms with Gasteiger partial charge >= 0.3 is 0 Å². The summed E-state index contributed by atoms with van der Waals surface area (Å²) in [5.74, 6) is 0. The summed E-state index contributed by atoms with van der Waals surface area (Å²) in [7, 11) is 0. The molecule has 1 heterocycles. The van der Waals surface area contributed by atoms with Crippen LogP contribution >= 0.6 is 0 Å². The van der Waals surface area contributed by atoms with Gasteiger partial charge in [-0.05, 0) is 37.4 Å². The number of rotatable bonds is 2. The first-order valence-corrected chi connectivity index (χ1v) is 5.37. The van der Waals surface area contributed by atoms with Gasteiger partial charge in [0.1, 0.15) is 0 Å². The average Bonchev–Trinajstić information content (AvgIpc) is 2.70. The highest BCUT2D eigenvalue weighted by Crippen LogP contribution is 2.28. The van der Waals surface area contributed by atoms with Crippen LogP contribution in [0.5, 0.6) is 0 Å². The second-order valence-electron chi connectivity index (χ2n) is 4.07. The van der Waals surface area contributed by atoms with E-state index in [9.17, 15) is 0 Å². The Kier molecular flexibility index (Phi) is 2.85. The lowest BCUT2D eigenvalue weighted by molar-refractivity contribution is 0.630. The molecule has 2 rings (SSSR count). The first kappa shape index (κ1) is 9.69. The molecule has 3 N–H and O–H groups in total. The predicted octanol–water partition coefficient (Wildman–Crippen LogP) is 2.13. The molecule has 2 heteroatoms. The molecule has 0 bridgehead atoms. The molecule has 0 radical (unpaired) electrons. The van der Waals surface area contributed by atoms with E-state index >= 15 is 0 Å². The lowest BCUT2D eigenvalue weighted by atomic mass is 9.95. The summed E-state index contributed by atoms with van der Waals surface area (Å²) in [6.07, 6.45) is 2.52. The summed E-state index contributed by atoms with van der Waals surface area (Å²) in [5, 5.41) is 3.51. The Bertz CT molecular complexity index is 301. The van der Waals surface area contributed by atoms with Gasteiger partial charge in [0.05, 0.1) is 0 Å². The smallest absolute Gasteiger partial charge is 0.0324 e. The quantitative estimate of drug-likeness (QED) is 0.749. The van der Waals surface area contributed by atoms with Crippen LogP contribution in [0.15, 0.2) is 24.3 Å². The van der Waals surface area contributed by atoms with Crippen molar-refractivity contribution in [2.75, 3.05) is 6.54 Å². The second-order valence-corrected chi connectivity index (χ2v) is 4.07. The van der Waals surface area contributed by atoms with Crippen LogP contribution in [0.25, 0.3) is 0 Å². The maximum absolute atomic E-state index is 5.95. The lowest BCUT2D eigenvalue weighted by Gasteiger charge is -2.17. The van der Waals surface area contributed by atoms with Crippen LogP contribution in [0.4, 0.5) is 0 Å². The van der Waals surface area contributed by atoms with Crippen LogP contribution in [0.2, 0.25) is 0 Å². The summed E-state index contributed by atoms with van der Waals surface area (Å²) in [6, 6.07) is 9.16. The van der Waals surface area contributed by atoms with Crippen LogP contribution in [-0.2, 0) is 0 Å². The topological polar surface area (TPSA) is 38.0 Å². The van der Waals surface area contributed by atoms with Crippen molar-refractivity contribution < 1.29 is 0 Å². The van der Waals surface area contributed by atoms with Crippen LogP contribution in [0.3, 0.4) is 0 Å². The van der Waals surface area contributed by atoms with Gasteiger partial charge in [0.2, 0.25) is 0 Å². The molecule has 76 valence electrons. The van der Waals surface area contributed by atoms with E-state index in [1.165, 1.54) is 24.0 Å². The van der Waals surface area contributed by atoms with Crippen LogP contribution < -0.4 is 11.1 Å². The van der Waals surface area contributed by atoms with Crippen molar-refractivity contribution in [1.82, 2.24) is 5.32 Å². The van der Waals surface area contributed by atoms with Gasteiger partial charge in [-0.25, -0.2) is 0 Å². The molecule has 1 aliphatic heterocycles. The Morgan fingerprint density at radius 3 is 2.86 bits per heavy atom. The van der Waals surface area contributed by atoms with Gasteiger partial charge < -0.3 is 11.1 Å². The van der Waals surface area contributed by atoms with Gasteiger partial charge in [-0.1, -0.05) is 24.3 Å². The summed E-state index contributed by atoms with van der Waals surface area (Å²) in [6.45, 7) is 3.19. The van der Waals surface area contributed by atoms with E-state index in [1.807, 2.05) is 6.92 Å². The molecule has 0 saturated carbocycles. The fourth-order valence-corrected chi connectivity index (χ4v) is 2.19. The third-order valence-electron chi connectivity index (χ3n) is 2.92. The van der Waals surface area contributed by atoms with Gasteiger partial charge in [0.25, 0.3) is 0 Å². The fourth-order valence-electron chi connectivity index (χ4n) is 2.19. The van der Waals surface area contributed by atoms with Crippen molar-refractivity contribution >= 4 is 0 Å². The van der Waals surface area contributed by atoms with Gasteiger partial charge in [0.15, 0.2) is 0 Å². The molecule has 0 aromatic heterocycles. The second kappa shape index (κ2) is 4.11. The highest BCUT2D eigenvalue weighted by molar-refractivity contribution is 5.32. The summed E-state index contributed by atoms with van der Waals surface area (Å²) in [4.78, 5) is 0. The molecule has 2 unspecified atom stereocenters. The molecule has 1 aromatic rings. The molecule has 0 spiro atoms. The number of nitrogens with two attached hydrogens (primary N) is 1. The van der Waals surface area contributed by atoms with Gasteiger partial charge in [-0.15, -0.1) is 0 Å². The molecule has 0 aliphatic carbocycles. The molecule has 2 nitrogen and oxygen atoms in total. The Morgan fingerprint density at radius 1 is 1.43 bits per heavy atom. The third kappa shape index (κ3) is 1.81. The molecule has 1 aromatic carbocycles. The molecule has 0 amide bonds. The predicted molar refractivity (Wildman–Crippen MR) is 59.0 cm³/mol. The minimum Gasteiger partial charge on any atom is -0.324 e. The largest absolute Gasteiger partial charge is 0.324 e. The summed E-state index contributed by atoms with van der Waals surface area (Å²) in [5.41, 5.74) is 8.63. The van der Waals surface area contributed by atoms with Crippen LogP contribution in [0.1, 0.15) is 43.0 Å². The van der Waals surface area contributed by atoms with Gasteiger partial charge in [-0.3, -0.25) is 0 Å². The van der Waals surface area contributed by atoms with Crippen molar-refractivity contribution in [2.24, 2.45) is 5.73 Å². The molecule has 1 fully saturated rings. The highest BCUT2D eigenvalue weighted by atomic mass is 14.9. The Balaban J connectivity index is 2.30. The minimum atomic E-state index is 0.133. The molecule has 1 aliphatic rings. The standard InChI is InChI=1S/C12H18N2/c1-9(13)10-5-2-3-6-11(10)12-7-4-8-14-12/h2-3,5-6,9,12,14H,4,7-8,13H2,1H3. The monoisotopic (exact) mass is 190 g/mol. The first-order valence-electron chi connectivity index (χ1n) is 5.37. The SMILES string of the molecule is CC(N)c1ccccc1C1CCCN1. The van der Waals surface area contributed by atoms with Crippen LogP contribution in [0, 0.1) is 0 Å². The molecule has 1 saturated heterocycles. The minimum absolute atomic E-state index is 0.133. The Hall–Kier alpha value is -0.860. The van der Waals surface area contributed by atoms with Crippen molar-refractivity contribution in [3.63, 3.8) is 0 Å². The van der Waals surface area contributed by atoms with Crippen molar-refractivity contribution in [3.8, 4) is 0 Å². The maximum atomic E-state index is 5.95.